The molecule has 2 heterocycles. The van der Waals surface area contributed by atoms with Gasteiger partial charge in [0.2, 0.25) is 5.95 Å². The summed E-state index contributed by atoms with van der Waals surface area (Å²) in [5.74, 6) is -1.36. The van der Waals surface area contributed by atoms with Gasteiger partial charge in [-0.05, 0) is 55.5 Å². The molecule has 2 aromatic heterocycles. The standard InChI is InChI=1S/C27H28F2N6O3/c1-35-14-17(12-31-35)25(15-3-8-24(38-2)22(29)9-15)34-26(37)16-10-21(28)20-13-30-27(33-23(20)11-16)32-18-4-6-19(36)7-5-18/h3,8-14,18-19,25,36H,4-7H2,1-2H3,(H,34,37)(H,30,32,33)/t18?,19?,25-/m0/s1. The van der Waals surface area contributed by atoms with E-state index >= 15 is 0 Å². The Morgan fingerprint density at radius 1 is 1.11 bits per heavy atom. The number of aryl methyl sites for hydroxylation is 1. The molecule has 38 heavy (non-hydrogen) atoms. The van der Waals surface area contributed by atoms with Crippen LogP contribution in [0.25, 0.3) is 10.9 Å². The van der Waals surface area contributed by atoms with Crippen molar-refractivity contribution in [1.82, 2.24) is 25.1 Å². The smallest absolute Gasteiger partial charge is 0.252 e. The maximum absolute atomic E-state index is 15.0. The van der Waals surface area contributed by atoms with Crippen LogP contribution in [0.4, 0.5) is 14.7 Å². The summed E-state index contributed by atoms with van der Waals surface area (Å²) in [7, 11) is 3.10. The van der Waals surface area contributed by atoms with Gasteiger partial charge in [-0.1, -0.05) is 6.07 Å². The molecule has 9 nitrogen and oxygen atoms in total. The van der Waals surface area contributed by atoms with Gasteiger partial charge in [-0.2, -0.15) is 5.10 Å². The molecule has 4 aromatic rings. The average molecular weight is 523 g/mol. The fourth-order valence-corrected chi connectivity index (χ4v) is 4.72. The number of hydrogen-bond acceptors (Lipinski definition) is 7. The minimum atomic E-state index is -0.750. The van der Waals surface area contributed by atoms with Crippen LogP contribution in [0.1, 0.15) is 53.2 Å². The minimum absolute atomic E-state index is 0.0586. The molecule has 0 spiro atoms. The Hall–Kier alpha value is -4.12. The van der Waals surface area contributed by atoms with Crippen molar-refractivity contribution in [2.24, 2.45) is 7.05 Å². The largest absolute Gasteiger partial charge is 0.494 e. The topological polar surface area (TPSA) is 114 Å². The Balaban J connectivity index is 1.43. The van der Waals surface area contributed by atoms with Crippen molar-refractivity contribution >= 4 is 22.8 Å². The first-order chi connectivity index (χ1) is 18.3. The zero-order chi connectivity index (χ0) is 26.8. The van der Waals surface area contributed by atoms with E-state index in [0.717, 1.165) is 18.9 Å². The van der Waals surface area contributed by atoms with Gasteiger partial charge in [-0.25, -0.2) is 18.7 Å². The number of methoxy groups -OCH3 is 1. The van der Waals surface area contributed by atoms with Gasteiger partial charge in [0.15, 0.2) is 11.6 Å². The first-order valence-electron chi connectivity index (χ1n) is 12.3. The average Bonchev–Trinajstić information content (AvgIpc) is 3.34. The van der Waals surface area contributed by atoms with Crippen molar-refractivity contribution < 1.29 is 23.4 Å². The van der Waals surface area contributed by atoms with E-state index < -0.39 is 23.6 Å². The molecular weight excluding hydrogens is 494 g/mol. The predicted octanol–water partition coefficient (Wildman–Crippen LogP) is 3.88. The SMILES string of the molecule is COc1ccc([C@H](NC(=O)c2cc(F)c3cnc(NC4CCC(O)CC4)nc3c2)c2cnn(C)c2)cc1F. The number of aromatic nitrogens is 4. The van der Waals surface area contributed by atoms with Gasteiger partial charge in [-0.3, -0.25) is 9.48 Å². The molecule has 5 rings (SSSR count). The van der Waals surface area contributed by atoms with Gasteiger partial charge in [0, 0.05) is 36.6 Å². The van der Waals surface area contributed by atoms with Crippen LogP contribution in [-0.4, -0.2) is 50.0 Å². The van der Waals surface area contributed by atoms with Crippen LogP contribution in [-0.2, 0) is 7.05 Å². The third-order valence-corrected chi connectivity index (χ3v) is 6.78. The number of benzene rings is 2. The number of amides is 1. The van der Waals surface area contributed by atoms with Crippen molar-refractivity contribution in [3.63, 3.8) is 0 Å². The summed E-state index contributed by atoms with van der Waals surface area (Å²) < 4.78 is 36.1. The lowest BCUT2D eigenvalue weighted by molar-refractivity contribution is 0.0942. The normalized spacial score (nSPS) is 18.2. The molecule has 1 atom stereocenters. The van der Waals surface area contributed by atoms with E-state index in [9.17, 15) is 18.7 Å². The van der Waals surface area contributed by atoms with Crippen molar-refractivity contribution in [3.8, 4) is 5.75 Å². The molecule has 1 aliphatic carbocycles. The molecule has 1 fully saturated rings. The summed E-state index contributed by atoms with van der Waals surface area (Å²) in [4.78, 5) is 22.0. The summed E-state index contributed by atoms with van der Waals surface area (Å²) in [5.41, 5.74) is 1.43. The molecule has 0 saturated heterocycles. The molecule has 3 N–H and O–H groups in total. The lowest BCUT2D eigenvalue weighted by atomic mass is 9.93. The second-order valence-electron chi connectivity index (χ2n) is 9.48. The Bertz CT molecular complexity index is 1470. The van der Waals surface area contributed by atoms with Crippen LogP contribution in [0.2, 0.25) is 0 Å². The van der Waals surface area contributed by atoms with Crippen molar-refractivity contribution in [2.75, 3.05) is 12.4 Å². The van der Waals surface area contributed by atoms with Crippen LogP contribution in [0.5, 0.6) is 5.75 Å². The first-order valence-corrected chi connectivity index (χ1v) is 12.3. The lowest BCUT2D eigenvalue weighted by Crippen LogP contribution is -2.29. The quantitative estimate of drug-likeness (QED) is 0.338. The number of hydrogen-bond donors (Lipinski definition) is 3. The lowest BCUT2D eigenvalue weighted by Gasteiger charge is -2.26. The van der Waals surface area contributed by atoms with Crippen LogP contribution < -0.4 is 15.4 Å². The number of nitrogens with zero attached hydrogens (tertiary/aromatic N) is 4. The number of ether oxygens (including phenoxy) is 1. The van der Waals surface area contributed by atoms with E-state index in [0.29, 0.717) is 29.9 Å². The van der Waals surface area contributed by atoms with Crippen molar-refractivity contribution in [3.05, 3.63) is 77.2 Å². The fraction of sp³-hybridized carbons (Fsp3) is 0.333. The van der Waals surface area contributed by atoms with E-state index in [1.54, 1.807) is 30.2 Å². The number of nitrogens with one attached hydrogen (secondary N) is 2. The van der Waals surface area contributed by atoms with Crippen molar-refractivity contribution in [1.29, 1.82) is 0 Å². The highest BCUT2D eigenvalue weighted by atomic mass is 19.1. The summed E-state index contributed by atoms with van der Waals surface area (Å²) >= 11 is 0. The Morgan fingerprint density at radius 2 is 1.89 bits per heavy atom. The molecular formula is C27H28F2N6O3. The van der Waals surface area contributed by atoms with Gasteiger partial charge in [-0.15, -0.1) is 0 Å². The molecule has 1 amide bonds. The third kappa shape index (κ3) is 5.42. The molecule has 1 aliphatic rings. The zero-order valence-corrected chi connectivity index (χ0v) is 21.0. The van der Waals surface area contributed by atoms with E-state index in [1.807, 2.05) is 0 Å². The van der Waals surface area contributed by atoms with E-state index in [-0.39, 0.29) is 34.4 Å². The molecule has 1 saturated carbocycles. The number of rotatable bonds is 7. The van der Waals surface area contributed by atoms with Gasteiger partial charge < -0.3 is 20.5 Å². The molecule has 0 bridgehead atoms. The molecule has 0 aliphatic heterocycles. The number of carbonyl (C=O) groups excluding carboxylic acids is 1. The number of aliphatic hydroxyl groups excluding tert-OH is 1. The number of fused-ring (bicyclic) bond motifs is 1. The van der Waals surface area contributed by atoms with Crippen LogP contribution in [0.3, 0.4) is 0 Å². The minimum Gasteiger partial charge on any atom is -0.494 e. The Kier molecular flexibility index (Phi) is 7.19. The van der Waals surface area contributed by atoms with Crippen molar-refractivity contribution in [2.45, 2.75) is 43.9 Å². The highest BCUT2D eigenvalue weighted by Crippen LogP contribution is 2.28. The van der Waals surface area contributed by atoms with Gasteiger partial charge >= 0.3 is 0 Å². The third-order valence-electron chi connectivity index (χ3n) is 6.78. The summed E-state index contributed by atoms with van der Waals surface area (Å²) in [6.07, 6.45) is 7.33. The first kappa shape index (κ1) is 25.5. The summed E-state index contributed by atoms with van der Waals surface area (Å²) in [6, 6.07) is 6.40. The molecule has 2 aromatic carbocycles. The molecule has 0 radical (unpaired) electrons. The fourth-order valence-electron chi connectivity index (χ4n) is 4.72. The summed E-state index contributed by atoms with van der Waals surface area (Å²) in [6.45, 7) is 0. The highest BCUT2D eigenvalue weighted by Gasteiger charge is 2.23. The van der Waals surface area contributed by atoms with Crippen LogP contribution >= 0.6 is 0 Å². The maximum Gasteiger partial charge on any atom is 0.252 e. The highest BCUT2D eigenvalue weighted by molar-refractivity contribution is 5.98. The number of aliphatic hydroxyl groups is 1. The molecule has 0 unspecified atom stereocenters. The Labute approximate surface area is 217 Å². The second kappa shape index (κ2) is 10.7. The zero-order valence-electron chi connectivity index (χ0n) is 21.0. The second-order valence-corrected chi connectivity index (χ2v) is 9.48. The molecule has 11 heteroatoms. The number of carbonyl (C=O) groups is 1. The predicted molar refractivity (Wildman–Crippen MR) is 137 cm³/mol. The van der Waals surface area contributed by atoms with Gasteiger partial charge in [0.25, 0.3) is 5.91 Å². The monoisotopic (exact) mass is 522 g/mol. The number of anilines is 1. The molecule has 198 valence electrons. The summed E-state index contributed by atoms with van der Waals surface area (Å²) in [5, 5.41) is 20.2. The van der Waals surface area contributed by atoms with Crippen LogP contribution in [0, 0.1) is 11.6 Å². The van der Waals surface area contributed by atoms with Gasteiger partial charge in [0.05, 0.1) is 36.4 Å². The van der Waals surface area contributed by atoms with Gasteiger partial charge in [0.1, 0.15) is 5.82 Å². The van der Waals surface area contributed by atoms with E-state index in [2.05, 4.69) is 25.7 Å². The maximum atomic E-state index is 15.0. The van der Waals surface area contributed by atoms with E-state index in [1.165, 1.54) is 31.5 Å². The Morgan fingerprint density at radius 3 is 2.58 bits per heavy atom. The number of halogens is 2. The van der Waals surface area contributed by atoms with E-state index in [4.69, 9.17) is 4.74 Å². The van der Waals surface area contributed by atoms with Crippen LogP contribution in [0.15, 0.2) is 48.9 Å².